The van der Waals surface area contributed by atoms with E-state index in [1.807, 2.05) is 0 Å². The van der Waals surface area contributed by atoms with E-state index in [4.69, 9.17) is 15.4 Å². The number of nitro groups is 1. The van der Waals surface area contributed by atoms with Gasteiger partial charge in [-0.2, -0.15) is 0 Å². The van der Waals surface area contributed by atoms with Gasteiger partial charge in [0.2, 0.25) is 0 Å². The van der Waals surface area contributed by atoms with Crippen LogP contribution in [0.2, 0.25) is 0 Å². The fraction of sp³-hybridized carbons (Fsp3) is 0.364. The van der Waals surface area contributed by atoms with Gasteiger partial charge in [0.1, 0.15) is 10.5 Å². The lowest BCUT2D eigenvalue weighted by Crippen LogP contribution is -2.14. The maximum absolute atomic E-state index is 14.0. The van der Waals surface area contributed by atoms with Crippen LogP contribution in [0.1, 0.15) is 24.2 Å². The standard InChI is InChI=1S/C11H11ClFNO6S/c1-6(2)5-20-11(15)8-3-7(14(16)17)4-9(10(8)13)21(12,18)19/h3-4,6H,5H2,1-2H3. The Labute approximate surface area is 124 Å². The predicted octanol–water partition coefficient (Wildman–Crippen LogP) is 2.47. The van der Waals surface area contributed by atoms with Crippen LogP contribution in [0.15, 0.2) is 17.0 Å². The summed E-state index contributed by atoms with van der Waals surface area (Å²) in [6.45, 7) is 3.40. The van der Waals surface area contributed by atoms with Crippen molar-refractivity contribution in [2.24, 2.45) is 5.92 Å². The minimum absolute atomic E-state index is 0.0491. The van der Waals surface area contributed by atoms with Gasteiger partial charge in [0.15, 0.2) is 5.82 Å². The Kier molecular flexibility index (Phi) is 5.24. The normalized spacial score (nSPS) is 11.5. The van der Waals surface area contributed by atoms with Crippen molar-refractivity contribution in [3.8, 4) is 0 Å². The van der Waals surface area contributed by atoms with Crippen molar-refractivity contribution >= 4 is 31.4 Å². The van der Waals surface area contributed by atoms with Crippen molar-refractivity contribution in [1.82, 2.24) is 0 Å². The number of carbonyl (C=O) groups is 1. The van der Waals surface area contributed by atoms with E-state index in [0.29, 0.717) is 12.1 Å². The third-order valence-corrected chi connectivity index (χ3v) is 3.59. The number of nitro benzene ring substituents is 1. The molecule has 1 aromatic rings. The number of nitrogens with zero attached hydrogens (tertiary/aromatic N) is 1. The molecule has 0 radical (unpaired) electrons. The van der Waals surface area contributed by atoms with Crippen LogP contribution in [0.4, 0.5) is 10.1 Å². The smallest absolute Gasteiger partial charge is 0.341 e. The first-order valence-corrected chi connectivity index (χ1v) is 7.94. The number of benzene rings is 1. The molecule has 0 aliphatic heterocycles. The van der Waals surface area contributed by atoms with Crippen molar-refractivity contribution in [2.45, 2.75) is 18.7 Å². The Balaban J connectivity index is 3.41. The van der Waals surface area contributed by atoms with Gasteiger partial charge in [-0.15, -0.1) is 0 Å². The summed E-state index contributed by atoms with van der Waals surface area (Å²) >= 11 is 0. The van der Waals surface area contributed by atoms with E-state index in [0.717, 1.165) is 0 Å². The van der Waals surface area contributed by atoms with Gasteiger partial charge < -0.3 is 4.74 Å². The van der Waals surface area contributed by atoms with Crippen LogP contribution in [0, 0.1) is 21.8 Å². The summed E-state index contributed by atoms with van der Waals surface area (Å²) in [4.78, 5) is 20.3. The minimum atomic E-state index is -4.59. The zero-order valence-corrected chi connectivity index (χ0v) is 12.6. The molecule has 116 valence electrons. The van der Waals surface area contributed by atoms with Gasteiger partial charge in [-0.3, -0.25) is 10.1 Å². The van der Waals surface area contributed by atoms with Gasteiger partial charge in [-0.25, -0.2) is 17.6 Å². The zero-order chi connectivity index (χ0) is 16.4. The van der Waals surface area contributed by atoms with Crippen LogP contribution in [-0.4, -0.2) is 25.9 Å². The molecular weight excluding hydrogens is 329 g/mol. The molecule has 21 heavy (non-hydrogen) atoms. The maximum atomic E-state index is 14.0. The fourth-order valence-electron chi connectivity index (χ4n) is 1.33. The number of ether oxygens (including phenoxy) is 1. The van der Waals surface area contributed by atoms with Crippen LogP contribution in [-0.2, 0) is 13.8 Å². The molecule has 0 saturated carbocycles. The molecule has 7 nitrogen and oxygen atoms in total. The molecule has 0 aliphatic rings. The number of non-ortho nitro benzene ring substituents is 1. The van der Waals surface area contributed by atoms with E-state index in [9.17, 15) is 27.7 Å². The first-order chi connectivity index (χ1) is 9.54. The van der Waals surface area contributed by atoms with Gasteiger partial charge in [0, 0.05) is 22.8 Å². The van der Waals surface area contributed by atoms with Crippen molar-refractivity contribution in [3.63, 3.8) is 0 Å². The van der Waals surface area contributed by atoms with E-state index in [1.165, 1.54) is 0 Å². The quantitative estimate of drug-likeness (QED) is 0.353. The average Bonchev–Trinajstić information content (AvgIpc) is 2.34. The van der Waals surface area contributed by atoms with Gasteiger partial charge in [0.05, 0.1) is 11.5 Å². The molecule has 0 atom stereocenters. The van der Waals surface area contributed by atoms with E-state index in [1.54, 1.807) is 13.8 Å². The maximum Gasteiger partial charge on any atom is 0.341 e. The lowest BCUT2D eigenvalue weighted by Gasteiger charge is -2.09. The Morgan fingerprint density at radius 2 is 2.05 bits per heavy atom. The molecule has 0 unspecified atom stereocenters. The molecule has 0 heterocycles. The summed E-state index contributed by atoms with van der Waals surface area (Å²) in [5, 5.41) is 10.7. The van der Waals surface area contributed by atoms with E-state index in [2.05, 4.69) is 0 Å². The van der Waals surface area contributed by atoms with E-state index < -0.39 is 41.9 Å². The summed E-state index contributed by atoms with van der Waals surface area (Å²) in [6, 6.07) is 1.04. The van der Waals surface area contributed by atoms with Gasteiger partial charge in [-0.05, 0) is 5.92 Å². The van der Waals surface area contributed by atoms with Crippen molar-refractivity contribution in [2.75, 3.05) is 6.61 Å². The highest BCUT2D eigenvalue weighted by molar-refractivity contribution is 8.13. The van der Waals surface area contributed by atoms with E-state index >= 15 is 0 Å². The van der Waals surface area contributed by atoms with Crippen LogP contribution in [0.5, 0.6) is 0 Å². The first-order valence-electron chi connectivity index (χ1n) is 5.63. The number of halogens is 2. The summed E-state index contributed by atoms with van der Waals surface area (Å²) in [5.41, 5.74) is -1.64. The fourth-order valence-corrected chi connectivity index (χ4v) is 2.26. The van der Waals surface area contributed by atoms with Crippen molar-refractivity contribution < 1.29 is 27.3 Å². The van der Waals surface area contributed by atoms with Crippen molar-refractivity contribution in [1.29, 1.82) is 0 Å². The third kappa shape index (κ3) is 4.36. The number of hydrogen-bond acceptors (Lipinski definition) is 6. The SMILES string of the molecule is CC(C)COC(=O)c1cc([N+](=O)[O-])cc(S(=O)(=O)Cl)c1F. The average molecular weight is 340 g/mol. The highest BCUT2D eigenvalue weighted by Gasteiger charge is 2.28. The molecule has 1 aromatic carbocycles. The van der Waals surface area contributed by atoms with Gasteiger partial charge >= 0.3 is 5.97 Å². The molecule has 0 aromatic heterocycles. The lowest BCUT2D eigenvalue weighted by molar-refractivity contribution is -0.385. The molecule has 1 rings (SSSR count). The number of esters is 1. The lowest BCUT2D eigenvalue weighted by atomic mass is 10.2. The largest absolute Gasteiger partial charge is 0.462 e. The molecule has 0 saturated heterocycles. The van der Waals surface area contributed by atoms with Crippen LogP contribution >= 0.6 is 10.7 Å². The minimum Gasteiger partial charge on any atom is -0.462 e. The summed E-state index contributed by atoms with van der Waals surface area (Å²) in [6.07, 6.45) is 0. The second-order valence-corrected chi connectivity index (χ2v) is 7.03. The Morgan fingerprint density at radius 3 is 2.48 bits per heavy atom. The summed E-state index contributed by atoms with van der Waals surface area (Å²) in [7, 11) is 0.410. The Bertz CT molecular complexity index is 688. The van der Waals surface area contributed by atoms with Gasteiger partial charge in [-0.1, -0.05) is 13.8 Å². The zero-order valence-electron chi connectivity index (χ0n) is 11.0. The second kappa shape index (κ2) is 6.35. The van der Waals surface area contributed by atoms with Crippen LogP contribution in [0.25, 0.3) is 0 Å². The van der Waals surface area contributed by atoms with Crippen molar-refractivity contribution in [3.05, 3.63) is 33.6 Å². The van der Waals surface area contributed by atoms with E-state index in [-0.39, 0.29) is 12.5 Å². The molecule has 0 amide bonds. The second-order valence-electron chi connectivity index (χ2n) is 4.49. The third-order valence-electron chi connectivity index (χ3n) is 2.27. The van der Waals surface area contributed by atoms with Gasteiger partial charge in [0.25, 0.3) is 14.7 Å². The number of carbonyl (C=O) groups excluding carboxylic acids is 1. The number of hydrogen-bond donors (Lipinski definition) is 0. The molecular formula is C11H11ClFNO6S. The molecule has 0 aliphatic carbocycles. The topological polar surface area (TPSA) is 104 Å². The molecule has 0 N–H and O–H groups in total. The first kappa shape index (κ1) is 17.3. The number of rotatable bonds is 5. The molecule has 0 spiro atoms. The Hall–Kier alpha value is -1.74. The van der Waals surface area contributed by atoms with Crippen LogP contribution in [0.3, 0.4) is 0 Å². The predicted molar refractivity (Wildman–Crippen MR) is 71.2 cm³/mol. The molecule has 10 heteroatoms. The highest BCUT2D eigenvalue weighted by Crippen LogP contribution is 2.28. The Morgan fingerprint density at radius 1 is 1.48 bits per heavy atom. The molecule has 0 fully saturated rings. The summed E-state index contributed by atoms with van der Waals surface area (Å²) in [5.74, 6) is -2.73. The molecule has 0 bridgehead atoms. The summed E-state index contributed by atoms with van der Waals surface area (Å²) < 4.78 is 41.2. The van der Waals surface area contributed by atoms with Crippen LogP contribution < -0.4 is 0 Å². The monoisotopic (exact) mass is 339 g/mol. The highest BCUT2D eigenvalue weighted by atomic mass is 35.7.